The molecule has 0 unspecified atom stereocenters. The average Bonchev–Trinajstić information content (AvgIpc) is 2.92. The highest BCUT2D eigenvalue weighted by atomic mass is 32.2. The number of sulfone groups is 1. The van der Waals surface area contributed by atoms with Gasteiger partial charge in [-0.05, 0) is 44.4 Å². The fourth-order valence-corrected chi connectivity index (χ4v) is 4.90. The van der Waals surface area contributed by atoms with Crippen molar-refractivity contribution in [3.8, 4) is 0 Å². The molecule has 0 saturated heterocycles. The molecule has 0 spiro atoms. The molecule has 1 heterocycles. The summed E-state index contributed by atoms with van der Waals surface area (Å²) in [5, 5.41) is 2.88. The van der Waals surface area contributed by atoms with Gasteiger partial charge < -0.3 is 14.6 Å². The topological polar surface area (TPSA) is 77.4 Å². The summed E-state index contributed by atoms with van der Waals surface area (Å²) in [5.74, 6) is 0.188. The summed E-state index contributed by atoms with van der Waals surface area (Å²) in [7, 11) is -2.13. The molecule has 1 amide bonds. The molecule has 0 radical (unpaired) electrons. The van der Waals surface area contributed by atoms with E-state index in [0.29, 0.717) is 37.4 Å². The second-order valence-electron chi connectivity index (χ2n) is 6.85. The summed E-state index contributed by atoms with van der Waals surface area (Å²) < 4.78 is 33.8. The molecule has 28 heavy (non-hydrogen) atoms. The summed E-state index contributed by atoms with van der Waals surface area (Å²) in [6.45, 7) is 6.81. The number of hydrogen-bond donors (Lipinski definition) is 1. The number of aromatic nitrogens is 1. The van der Waals surface area contributed by atoms with E-state index in [1.807, 2.05) is 18.4 Å². The maximum absolute atomic E-state index is 13.4. The fourth-order valence-electron chi connectivity index (χ4n) is 3.18. The van der Waals surface area contributed by atoms with Gasteiger partial charge >= 0.3 is 0 Å². The van der Waals surface area contributed by atoms with Crippen LogP contribution in [0.2, 0.25) is 0 Å². The number of unbranched alkanes of at least 4 members (excludes halogenated alkanes) is 1. The number of rotatable bonds is 10. The van der Waals surface area contributed by atoms with Crippen LogP contribution >= 0.6 is 0 Å². The monoisotopic (exact) mass is 406 g/mol. The third kappa shape index (κ3) is 4.83. The predicted octanol–water partition coefficient (Wildman–Crippen LogP) is 4.10. The largest absolute Gasteiger partial charge is 0.385 e. The minimum atomic E-state index is -3.77. The first-order chi connectivity index (χ1) is 13.3. The Morgan fingerprint density at radius 1 is 1.14 bits per heavy atom. The Morgan fingerprint density at radius 2 is 1.82 bits per heavy atom. The summed E-state index contributed by atoms with van der Waals surface area (Å²) in [6.07, 6.45) is 2.74. The molecule has 0 bridgehead atoms. The number of anilines is 1. The molecule has 1 N–H and O–H groups in total. The Kier molecular flexibility index (Phi) is 7.83. The zero-order valence-corrected chi connectivity index (χ0v) is 17.9. The highest BCUT2D eigenvalue weighted by Crippen LogP contribution is 2.35. The van der Waals surface area contributed by atoms with E-state index in [2.05, 4.69) is 5.32 Å². The number of benzene rings is 1. The third-order valence-corrected chi connectivity index (χ3v) is 6.77. The van der Waals surface area contributed by atoms with Crippen LogP contribution in [0.3, 0.4) is 0 Å². The summed E-state index contributed by atoms with van der Waals surface area (Å²) in [6, 6.07) is 8.33. The van der Waals surface area contributed by atoms with Crippen LogP contribution in [0.25, 0.3) is 0 Å². The molecule has 0 aliphatic rings. The van der Waals surface area contributed by atoms with Crippen molar-refractivity contribution < 1.29 is 17.9 Å². The molecular weight excluding hydrogens is 376 g/mol. The molecule has 1 aromatic carbocycles. The van der Waals surface area contributed by atoms with Crippen molar-refractivity contribution in [1.29, 1.82) is 0 Å². The molecule has 0 atom stereocenters. The molecule has 6 nitrogen and oxygen atoms in total. The molecule has 154 valence electrons. The lowest BCUT2D eigenvalue weighted by Gasteiger charge is -2.14. The zero-order chi connectivity index (χ0) is 20.7. The van der Waals surface area contributed by atoms with E-state index in [1.54, 1.807) is 44.4 Å². The summed E-state index contributed by atoms with van der Waals surface area (Å²) in [5.41, 5.74) is 1.49. The molecule has 0 saturated carbocycles. The van der Waals surface area contributed by atoms with Crippen LogP contribution in [0.1, 0.15) is 43.9 Å². The van der Waals surface area contributed by atoms with Crippen LogP contribution < -0.4 is 5.32 Å². The molecular formula is C21H30N2O4S. The van der Waals surface area contributed by atoms with Crippen LogP contribution in [-0.4, -0.2) is 32.6 Å². The number of hydrogen-bond acceptors (Lipinski definition) is 4. The number of ether oxygens (including phenoxy) is 1. The first kappa shape index (κ1) is 22.2. The Hall–Kier alpha value is -2.12. The van der Waals surface area contributed by atoms with Crippen molar-refractivity contribution in [1.82, 2.24) is 4.57 Å². The Bertz CT molecular complexity index is 902. The molecule has 0 aliphatic carbocycles. The number of carbonyl (C=O) groups is 1. The van der Waals surface area contributed by atoms with Gasteiger partial charge in [0.1, 0.15) is 10.7 Å². The minimum absolute atomic E-state index is 0.170. The van der Waals surface area contributed by atoms with Crippen molar-refractivity contribution in [2.75, 3.05) is 19.0 Å². The number of methoxy groups -OCH3 is 1. The summed E-state index contributed by atoms with van der Waals surface area (Å²) in [4.78, 5) is 12.8. The molecule has 2 rings (SSSR count). The highest BCUT2D eigenvalue weighted by Gasteiger charge is 2.30. The number of carbonyl (C=O) groups excluding carboxylic acids is 1. The Morgan fingerprint density at radius 3 is 2.43 bits per heavy atom. The van der Waals surface area contributed by atoms with Crippen molar-refractivity contribution in [2.45, 2.75) is 62.8 Å². The van der Waals surface area contributed by atoms with Crippen molar-refractivity contribution in [3.05, 3.63) is 41.6 Å². The third-order valence-electron chi connectivity index (χ3n) is 4.84. The smallest absolute Gasteiger partial charge is 0.225 e. The SMILES string of the molecule is CCCCC(=O)Nc1c(S(=O)(=O)c2ccccc2)c(C)c(C)n1CCCOC. The van der Waals surface area contributed by atoms with Crippen molar-refractivity contribution in [2.24, 2.45) is 0 Å². The highest BCUT2D eigenvalue weighted by molar-refractivity contribution is 7.91. The zero-order valence-electron chi connectivity index (χ0n) is 17.1. The van der Waals surface area contributed by atoms with E-state index in [9.17, 15) is 13.2 Å². The quantitative estimate of drug-likeness (QED) is 0.603. The van der Waals surface area contributed by atoms with Gasteiger partial charge in [0, 0.05) is 32.4 Å². The van der Waals surface area contributed by atoms with Crippen LogP contribution in [0.15, 0.2) is 40.1 Å². The molecule has 0 aliphatic heterocycles. The van der Waals surface area contributed by atoms with Gasteiger partial charge in [-0.1, -0.05) is 31.5 Å². The second kappa shape index (κ2) is 9.89. The first-order valence-electron chi connectivity index (χ1n) is 9.63. The number of nitrogens with one attached hydrogen (secondary N) is 1. The van der Waals surface area contributed by atoms with Crippen LogP contribution in [0.4, 0.5) is 5.82 Å². The maximum atomic E-state index is 13.4. The van der Waals surface area contributed by atoms with Gasteiger partial charge in [0.15, 0.2) is 0 Å². The Labute approximate surface area is 167 Å². The van der Waals surface area contributed by atoms with Crippen molar-refractivity contribution in [3.63, 3.8) is 0 Å². The van der Waals surface area contributed by atoms with Gasteiger partial charge in [-0.2, -0.15) is 0 Å². The maximum Gasteiger partial charge on any atom is 0.225 e. The fraction of sp³-hybridized carbons (Fsp3) is 0.476. The lowest BCUT2D eigenvalue weighted by molar-refractivity contribution is -0.116. The van der Waals surface area contributed by atoms with E-state index in [0.717, 1.165) is 18.5 Å². The van der Waals surface area contributed by atoms with Gasteiger partial charge in [-0.15, -0.1) is 0 Å². The molecule has 2 aromatic rings. The van der Waals surface area contributed by atoms with E-state index in [1.165, 1.54) is 0 Å². The second-order valence-corrected chi connectivity index (χ2v) is 8.74. The van der Waals surface area contributed by atoms with Gasteiger partial charge in [-0.25, -0.2) is 8.42 Å². The normalized spacial score (nSPS) is 11.6. The van der Waals surface area contributed by atoms with Gasteiger partial charge in [0.2, 0.25) is 15.7 Å². The average molecular weight is 407 g/mol. The predicted molar refractivity (Wildman–Crippen MR) is 110 cm³/mol. The molecule has 0 fully saturated rings. The number of nitrogens with zero attached hydrogens (tertiary/aromatic N) is 1. The van der Waals surface area contributed by atoms with Gasteiger partial charge in [-0.3, -0.25) is 4.79 Å². The van der Waals surface area contributed by atoms with Crippen molar-refractivity contribution >= 4 is 21.6 Å². The van der Waals surface area contributed by atoms with Gasteiger partial charge in [0.05, 0.1) is 4.90 Å². The van der Waals surface area contributed by atoms with Crippen LogP contribution in [0, 0.1) is 13.8 Å². The van der Waals surface area contributed by atoms with Gasteiger partial charge in [0.25, 0.3) is 0 Å². The first-order valence-corrected chi connectivity index (χ1v) is 11.1. The molecule has 1 aromatic heterocycles. The summed E-state index contributed by atoms with van der Waals surface area (Å²) >= 11 is 0. The van der Waals surface area contributed by atoms with E-state index >= 15 is 0 Å². The number of amides is 1. The van der Waals surface area contributed by atoms with E-state index in [-0.39, 0.29) is 15.7 Å². The minimum Gasteiger partial charge on any atom is -0.385 e. The van der Waals surface area contributed by atoms with Crippen LogP contribution in [0.5, 0.6) is 0 Å². The standard InChI is InChI=1S/C21H30N2O4S/c1-5-6-13-19(24)22-21-20(28(25,26)18-11-8-7-9-12-18)16(2)17(3)23(21)14-10-15-27-4/h7-9,11-12H,5-6,10,13-15H2,1-4H3,(H,22,24). The lowest BCUT2D eigenvalue weighted by Crippen LogP contribution is -2.18. The van der Waals surface area contributed by atoms with Crippen LogP contribution in [-0.2, 0) is 25.9 Å². The van der Waals surface area contributed by atoms with E-state index in [4.69, 9.17) is 4.74 Å². The Balaban J connectivity index is 2.57. The van der Waals surface area contributed by atoms with E-state index < -0.39 is 9.84 Å². The lowest BCUT2D eigenvalue weighted by atomic mass is 10.2. The molecule has 7 heteroatoms.